The van der Waals surface area contributed by atoms with Gasteiger partial charge in [0, 0.05) is 5.75 Å². The second-order valence-corrected chi connectivity index (χ2v) is 6.92. The van der Waals surface area contributed by atoms with Crippen LogP contribution in [0.15, 0.2) is 64.5 Å². The summed E-state index contributed by atoms with van der Waals surface area (Å²) in [5.41, 5.74) is 1.88. The third-order valence-corrected chi connectivity index (χ3v) is 5.23. The van der Waals surface area contributed by atoms with Crippen LogP contribution in [-0.4, -0.2) is 24.9 Å². The van der Waals surface area contributed by atoms with Crippen molar-refractivity contribution >= 4 is 28.4 Å². The zero-order valence-corrected chi connectivity index (χ0v) is 14.7. The molecule has 25 heavy (non-hydrogen) atoms. The first kappa shape index (κ1) is 15.9. The molecule has 126 valence electrons. The maximum absolute atomic E-state index is 13.0. The van der Waals surface area contributed by atoms with E-state index in [2.05, 4.69) is 17.1 Å². The molecule has 0 saturated carbocycles. The molecule has 5 nitrogen and oxygen atoms in total. The van der Waals surface area contributed by atoms with E-state index in [1.165, 1.54) is 0 Å². The number of nitrogens with zero attached hydrogens (tertiary/aromatic N) is 4. The molecule has 0 atom stereocenters. The Balaban J connectivity index is 1.99. The molecule has 0 aliphatic heterocycles. The predicted octanol–water partition coefficient (Wildman–Crippen LogP) is 3.59. The van der Waals surface area contributed by atoms with Crippen LogP contribution in [-0.2, 0) is 6.54 Å². The van der Waals surface area contributed by atoms with E-state index in [4.69, 9.17) is 0 Å². The highest BCUT2D eigenvalue weighted by Gasteiger charge is 2.16. The van der Waals surface area contributed by atoms with E-state index in [0.29, 0.717) is 17.7 Å². The van der Waals surface area contributed by atoms with E-state index in [0.717, 1.165) is 28.4 Å². The van der Waals surface area contributed by atoms with Gasteiger partial charge in [0.2, 0.25) is 5.78 Å². The minimum Gasteiger partial charge on any atom is -0.272 e. The molecule has 0 spiro atoms. The van der Waals surface area contributed by atoms with Crippen LogP contribution in [0.1, 0.15) is 18.9 Å². The number of benzene rings is 2. The van der Waals surface area contributed by atoms with Gasteiger partial charge in [0.15, 0.2) is 5.16 Å². The Labute approximate surface area is 149 Å². The quantitative estimate of drug-likeness (QED) is 0.516. The van der Waals surface area contributed by atoms with Crippen LogP contribution in [0.2, 0.25) is 0 Å². The minimum atomic E-state index is -0.0357. The summed E-state index contributed by atoms with van der Waals surface area (Å²) in [7, 11) is 0. The largest absolute Gasteiger partial charge is 0.272 e. The van der Waals surface area contributed by atoms with E-state index in [-0.39, 0.29) is 5.56 Å². The van der Waals surface area contributed by atoms with Gasteiger partial charge in [0.05, 0.1) is 17.4 Å². The summed E-state index contributed by atoms with van der Waals surface area (Å²) in [5, 5.41) is 10.2. The molecule has 0 unspecified atom stereocenters. The van der Waals surface area contributed by atoms with Gasteiger partial charge in [-0.2, -0.15) is 0 Å². The van der Waals surface area contributed by atoms with Gasteiger partial charge in [-0.05, 0) is 24.1 Å². The number of fused-ring (bicyclic) bond motifs is 3. The van der Waals surface area contributed by atoms with Crippen molar-refractivity contribution in [1.29, 1.82) is 0 Å². The van der Waals surface area contributed by atoms with Crippen LogP contribution < -0.4 is 5.56 Å². The SMILES string of the molecule is CCCSc1nnc2n(Cc3ccccc3)c(=O)c3ccccc3n12. The summed E-state index contributed by atoms with van der Waals surface area (Å²) < 4.78 is 3.71. The molecule has 4 aromatic rings. The summed E-state index contributed by atoms with van der Waals surface area (Å²) in [4.78, 5) is 13.0. The molecule has 2 heterocycles. The number of rotatable bonds is 5. The Morgan fingerprint density at radius 2 is 1.76 bits per heavy atom. The molecule has 0 bridgehead atoms. The minimum absolute atomic E-state index is 0.0357. The zero-order chi connectivity index (χ0) is 17.2. The number of hydrogen-bond acceptors (Lipinski definition) is 4. The Bertz CT molecular complexity index is 1090. The summed E-state index contributed by atoms with van der Waals surface area (Å²) >= 11 is 1.67. The second kappa shape index (κ2) is 6.72. The third kappa shape index (κ3) is 2.82. The van der Waals surface area contributed by atoms with Gasteiger partial charge in [0.1, 0.15) is 0 Å². The van der Waals surface area contributed by atoms with Crippen molar-refractivity contribution < 1.29 is 0 Å². The Morgan fingerprint density at radius 3 is 2.56 bits per heavy atom. The monoisotopic (exact) mass is 350 g/mol. The first-order chi connectivity index (χ1) is 12.3. The highest BCUT2D eigenvalue weighted by Crippen LogP contribution is 2.22. The molecule has 0 aliphatic carbocycles. The molecule has 0 fully saturated rings. The van der Waals surface area contributed by atoms with Crippen molar-refractivity contribution in [2.75, 3.05) is 5.75 Å². The number of hydrogen-bond donors (Lipinski definition) is 0. The van der Waals surface area contributed by atoms with Crippen molar-refractivity contribution in [3.05, 3.63) is 70.5 Å². The first-order valence-electron chi connectivity index (χ1n) is 8.33. The molecule has 0 amide bonds. The standard InChI is InChI=1S/C19H18N4OS/c1-2-12-25-19-21-20-18-22(13-14-8-4-3-5-9-14)17(24)15-10-6-7-11-16(15)23(18)19/h3-11H,2,12-13H2,1H3. The van der Waals surface area contributed by atoms with Crippen molar-refractivity contribution in [1.82, 2.24) is 19.2 Å². The topological polar surface area (TPSA) is 52.2 Å². The van der Waals surface area contributed by atoms with Crippen LogP contribution in [0, 0.1) is 0 Å². The predicted molar refractivity (Wildman–Crippen MR) is 101 cm³/mol. The van der Waals surface area contributed by atoms with Gasteiger partial charge in [-0.1, -0.05) is 61.2 Å². The van der Waals surface area contributed by atoms with E-state index in [9.17, 15) is 4.79 Å². The smallest absolute Gasteiger partial charge is 0.263 e. The Kier molecular flexibility index (Phi) is 4.28. The lowest BCUT2D eigenvalue weighted by Gasteiger charge is -2.11. The van der Waals surface area contributed by atoms with Crippen molar-refractivity contribution in [3.8, 4) is 0 Å². The fraction of sp³-hybridized carbons (Fsp3) is 0.211. The molecule has 2 aromatic heterocycles. The van der Waals surface area contributed by atoms with Crippen LogP contribution >= 0.6 is 11.8 Å². The van der Waals surface area contributed by atoms with E-state index < -0.39 is 0 Å². The van der Waals surface area contributed by atoms with Gasteiger partial charge in [-0.3, -0.25) is 13.8 Å². The van der Waals surface area contributed by atoms with Crippen LogP contribution in [0.25, 0.3) is 16.7 Å². The van der Waals surface area contributed by atoms with Gasteiger partial charge < -0.3 is 0 Å². The molecule has 0 radical (unpaired) electrons. The molecule has 4 rings (SSSR count). The molecule has 0 saturated heterocycles. The molecule has 0 aliphatic rings. The summed E-state index contributed by atoms with van der Waals surface area (Å²) in [5.74, 6) is 1.55. The average Bonchev–Trinajstić information content (AvgIpc) is 3.08. The third-order valence-electron chi connectivity index (χ3n) is 4.10. The van der Waals surface area contributed by atoms with Crippen LogP contribution in [0.5, 0.6) is 0 Å². The zero-order valence-electron chi connectivity index (χ0n) is 13.9. The lowest BCUT2D eigenvalue weighted by molar-refractivity contribution is 0.764. The highest BCUT2D eigenvalue weighted by atomic mass is 32.2. The van der Waals surface area contributed by atoms with Crippen LogP contribution in [0.4, 0.5) is 0 Å². The highest BCUT2D eigenvalue weighted by molar-refractivity contribution is 7.99. The molecule has 0 N–H and O–H groups in total. The number of thioether (sulfide) groups is 1. The van der Waals surface area contributed by atoms with Crippen molar-refractivity contribution in [3.63, 3.8) is 0 Å². The lowest BCUT2D eigenvalue weighted by atomic mass is 10.2. The summed E-state index contributed by atoms with van der Waals surface area (Å²) in [6, 6.07) is 17.6. The van der Waals surface area contributed by atoms with Gasteiger partial charge in [0.25, 0.3) is 5.56 Å². The number of para-hydroxylation sites is 1. The van der Waals surface area contributed by atoms with E-state index in [1.54, 1.807) is 16.3 Å². The molecular weight excluding hydrogens is 332 g/mol. The van der Waals surface area contributed by atoms with E-state index >= 15 is 0 Å². The van der Waals surface area contributed by atoms with Crippen LogP contribution in [0.3, 0.4) is 0 Å². The van der Waals surface area contributed by atoms with Gasteiger partial charge in [-0.25, -0.2) is 0 Å². The normalized spacial score (nSPS) is 11.4. The van der Waals surface area contributed by atoms with Gasteiger partial charge in [-0.15, -0.1) is 10.2 Å². The lowest BCUT2D eigenvalue weighted by Crippen LogP contribution is -2.24. The summed E-state index contributed by atoms with van der Waals surface area (Å²) in [6.45, 7) is 2.62. The Morgan fingerprint density at radius 1 is 1.00 bits per heavy atom. The van der Waals surface area contributed by atoms with Crippen molar-refractivity contribution in [2.24, 2.45) is 0 Å². The maximum Gasteiger partial charge on any atom is 0.263 e. The maximum atomic E-state index is 13.0. The second-order valence-electron chi connectivity index (χ2n) is 5.86. The fourth-order valence-electron chi connectivity index (χ4n) is 2.93. The number of aromatic nitrogens is 4. The molecule has 2 aromatic carbocycles. The van der Waals surface area contributed by atoms with Crippen molar-refractivity contribution in [2.45, 2.75) is 25.0 Å². The van der Waals surface area contributed by atoms with Gasteiger partial charge >= 0.3 is 0 Å². The molecule has 6 heteroatoms. The first-order valence-corrected chi connectivity index (χ1v) is 9.31. The van der Waals surface area contributed by atoms with E-state index in [1.807, 2.05) is 59.0 Å². The summed E-state index contributed by atoms with van der Waals surface area (Å²) in [6.07, 6.45) is 1.06. The fourth-order valence-corrected chi connectivity index (χ4v) is 3.72. The Hall–Kier alpha value is -2.60. The average molecular weight is 350 g/mol. The molecular formula is C19H18N4OS.